The maximum absolute atomic E-state index is 11.9. The van der Waals surface area contributed by atoms with Gasteiger partial charge in [-0.15, -0.1) is 6.58 Å². The number of sulfonamides is 1. The molecule has 1 aliphatic rings. The van der Waals surface area contributed by atoms with Gasteiger partial charge in [-0.1, -0.05) is 30.3 Å². The molecule has 1 aromatic rings. The molecular formula is C12H15NO2S. The number of benzene rings is 1. The third-order valence-corrected chi connectivity index (χ3v) is 4.57. The van der Waals surface area contributed by atoms with Gasteiger partial charge in [0.15, 0.2) is 0 Å². The molecule has 4 heteroatoms. The maximum atomic E-state index is 11.9. The highest BCUT2D eigenvalue weighted by atomic mass is 32.2. The Bertz CT molecular complexity index is 493. The average molecular weight is 237 g/mol. The zero-order valence-electron chi connectivity index (χ0n) is 9.09. The van der Waals surface area contributed by atoms with Crippen LogP contribution in [0.25, 0.3) is 0 Å². The van der Waals surface area contributed by atoms with Crippen LogP contribution in [0.4, 0.5) is 0 Å². The van der Waals surface area contributed by atoms with E-state index in [0.717, 1.165) is 12.0 Å². The topological polar surface area (TPSA) is 37.4 Å². The Labute approximate surface area is 96.4 Å². The van der Waals surface area contributed by atoms with Crippen molar-refractivity contribution < 1.29 is 8.42 Å². The van der Waals surface area contributed by atoms with Gasteiger partial charge >= 0.3 is 0 Å². The molecule has 0 aliphatic carbocycles. The summed E-state index contributed by atoms with van der Waals surface area (Å²) in [7, 11) is -3.16. The molecule has 0 saturated heterocycles. The van der Waals surface area contributed by atoms with Crippen LogP contribution in [0.5, 0.6) is 0 Å². The van der Waals surface area contributed by atoms with Crippen molar-refractivity contribution in [3.05, 3.63) is 48.0 Å². The van der Waals surface area contributed by atoms with Gasteiger partial charge in [-0.05, 0) is 17.5 Å². The smallest absolute Gasteiger partial charge is 0.212 e. The fourth-order valence-electron chi connectivity index (χ4n) is 1.96. The number of hydrogen-bond donors (Lipinski definition) is 0. The van der Waals surface area contributed by atoms with Crippen molar-refractivity contribution in [2.75, 3.05) is 12.3 Å². The molecule has 1 aliphatic heterocycles. The molecule has 0 aromatic heterocycles. The number of hydrogen-bond acceptors (Lipinski definition) is 2. The molecule has 1 heterocycles. The van der Waals surface area contributed by atoms with E-state index in [2.05, 4.69) is 12.6 Å². The summed E-state index contributed by atoms with van der Waals surface area (Å²) in [6, 6.07) is 7.99. The van der Waals surface area contributed by atoms with Gasteiger partial charge in [0, 0.05) is 13.1 Å². The molecule has 0 N–H and O–H groups in total. The van der Waals surface area contributed by atoms with Gasteiger partial charge in [0.1, 0.15) is 0 Å². The van der Waals surface area contributed by atoms with E-state index in [4.69, 9.17) is 0 Å². The summed E-state index contributed by atoms with van der Waals surface area (Å²) in [5.41, 5.74) is 2.37. The second kappa shape index (κ2) is 4.39. The Morgan fingerprint density at radius 1 is 1.31 bits per heavy atom. The highest BCUT2D eigenvalue weighted by molar-refractivity contribution is 7.89. The summed E-state index contributed by atoms with van der Waals surface area (Å²) >= 11 is 0. The monoisotopic (exact) mass is 237 g/mol. The standard InChI is InChI=1S/C12H15NO2S/c1-2-9-16(14,15)13-8-7-11-5-3-4-6-12(11)10-13/h2-6H,1,7-10H2. The fraction of sp³-hybridized carbons (Fsp3) is 0.333. The molecule has 86 valence electrons. The fourth-order valence-corrected chi connectivity index (χ4v) is 3.18. The third kappa shape index (κ3) is 2.18. The van der Waals surface area contributed by atoms with Crippen molar-refractivity contribution in [2.24, 2.45) is 0 Å². The predicted octanol–water partition coefficient (Wildman–Crippen LogP) is 1.56. The molecule has 0 radical (unpaired) electrons. The lowest BCUT2D eigenvalue weighted by atomic mass is 10.0. The van der Waals surface area contributed by atoms with Crippen molar-refractivity contribution in [3.8, 4) is 0 Å². The van der Waals surface area contributed by atoms with E-state index < -0.39 is 10.0 Å². The van der Waals surface area contributed by atoms with Gasteiger partial charge in [0.25, 0.3) is 0 Å². The molecule has 2 rings (SSSR count). The predicted molar refractivity (Wildman–Crippen MR) is 64.5 cm³/mol. The van der Waals surface area contributed by atoms with E-state index in [1.807, 2.05) is 18.2 Å². The van der Waals surface area contributed by atoms with Gasteiger partial charge in [-0.25, -0.2) is 8.42 Å². The molecule has 1 aromatic carbocycles. The van der Waals surface area contributed by atoms with Crippen LogP contribution in [0.2, 0.25) is 0 Å². The zero-order chi connectivity index (χ0) is 11.6. The maximum Gasteiger partial charge on any atom is 0.217 e. The van der Waals surface area contributed by atoms with Crippen LogP contribution in [-0.2, 0) is 23.0 Å². The van der Waals surface area contributed by atoms with Crippen LogP contribution in [0.3, 0.4) is 0 Å². The molecule has 0 atom stereocenters. The highest BCUT2D eigenvalue weighted by Gasteiger charge is 2.24. The Hall–Kier alpha value is -1.13. The minimum Gasteiger partial charge on any atom is -0.212 e. The molecular weight excluding hydrogens is 222 g/mol. The molecule has 0 fully saturated rings. The molecule has 3 nitrogen and oxygen atoms in total. The average Bonchev–Trinajstić information content (AvgIpc) is 2.28. The van der Waals surface area contributed by atoms with Gasteiger partial charge in [0.2, 0.25) is 10.0 Å². The molecule has 0 bridgehead atoms. The summed E-state index contributed by atoms with van der Waals surface area (Å²) in [6.45, 7) is 4.55. The first-order chi connectivity index (χ1) is 7.63. The summed E-state index contributed by atoms with van der Waals surface area (Å²) < 4.78 is 25.2. The third-order valence-electron chi connectivity index (χ3n) is 2.82. The van der Waals surface area contributed by atoms with Crippen LogP contribution >= 0.6 is 0 Å². The van der Waals surface area contributed by atoms with Crippen molar-refractivity contribution >= 4 is 10.0 Å². The first kappa shape index (κ1) is 11.4. The normalized spacial score (nSPS) is 16.8. The summed E-state index contributed by atoms with van der Waals surface area (Å²) in [5.74, 6) is 0.0230. The lowest BCUT2D eigenvalue weighted by Gasteiger charge is -2.27. The molecule has 16 heavy (non-hydrogen) atoms. The Morgan fingerprint density at radius 2 is 2.00 bits per heavy atom. The van der Waals surface area contributed by atoms with Crippen molar-refractivity contribution in [3.63, 3.8) is 0 Å². The van der Waals surface area contributed by atoms with Gasteiger partial charge in [0.05, 0.1) is 5.75 Å². The van der Waals surface area contributed by atoms with E-state index in [1.54, 1.807) is 0 Å². The van der Waals surface area contributed by atoms with E-state index >= 15 is 0 Å². The van der Waals surface area contributed by atoms with E-state index in [1.165, 1.54) is 15.9 Å². The van der Waals surface area contributed by atoms with Gasteiger partial charge in [-0.2, -0.15) is 4.31 Å². The van der Waals surface area contributed by atoms with Crippen LogP contribution in [0.15, 0.2) is 36.9 Å². The number of fused-ring (bicyclic) bond motifs is 1. The molecule has 0 saturated carbocycles. The molecule has 0 unspecified atom stereocenters. The second-order valence-corrected chi connectivity index (χ2v) is 5.93. The van der Waals surface area contributed by atoms with Crippen molar-refractivity contribution in [1.82, 2.24) is 4.31 Å². The van der Waals surface area contributed by atoms with Gasteiger partial charge < -0.3 is 0 Å². The SMILES string of the molecule is C=CCS(=O)(=O)N1CCc2ccccc2C1. The van der Waals surface area contributed by atoms with Crippen LogP contribution < -0.4 is 0 Å². The Kier molecular flexibility index (Phi) is 3.12. The summed E-state index contributed by atoms with van der Waals surface area (Å²) in [6.07, 6.45) is 2.24. The lowest BCUT2D eigenvalue weighted by molar-refractivity contribution is 0.393. The number of rotatable bonds is 3. The van der Waals surface area contributed by atoms with Crippen molar-refractivity contribution in [1.29, 1.82) is 0 Å². The van der Waals surface area contributed by atoms with Gasteiger partial charge in [-0.3, -0.25) is 0 Å². The Morgan fingerprint density at radius 3 is 2.69 bits per heavy atom. The second-order valence-electron chi connectivity index (χ2n) is 3.92. The highest BCUT2D eigenvalue weighted by Crippen LogP contribution is 2.20. The largest absolute Gasteiger partial charge is 0.217 e. The first-order valence-electron chi connectivity index (χ1n) is 5.29. The van der Waals surface area contributed by atoms with Crippen molar-refractivity contribution in [2.45, 2.75) is 13.0 Å². The van der Waals surface area contributed by atoms with E-state index in [-0.39, 0.29) is 5.75 Å². The van der Waals surface area contributed by atoms with Crippen LogP contribution in [0, 0.1) is 0 Å². The zero-order valence-corrected chi connectivity index (χ0v) is 9.91. The molecule has 0 amide bonds. The van der Waals surface area contributed by atoms with Crippen LogP contribution in [-0.4, -0.2) is 25.0 Å². The minimum absolute atomic E-state index is 0.0230. The Balaban J connectivity index is 2.23. The van der Waals surface area contributed by atoms with E-state index in [9.17, 15) is 8.42 Å². The minimum atomic E-state index is -3.16. The van der Waals surface area contributed by atoms with E-state index in [0.29, 0.717) is 13.1 Å². The first-order valence-corrected chi connectivity index (χ1v) is 6.90. The summed E-state index contributed by atoms with van der Waals surface area (Å²) in [4.78, 5) is 0. The number of nitrogens with zero attached hydrogens (tertiary/aromatic N) is 1. The van der Waals surface area contributed by atoms with Crippen LogP contribution in [0.1, 0.15) is 11.1 Å². The summed E-state index contributed by atoms with van der Waals surface area (Å²) in [5, 5.41) is 0. The quantitative estimate of drug-likeness (QED) is 0.748. The lowest BCUT2D eigenvalue weighted by Crippen LogP contribution is -2.37. The molecule has 0 spiro atoms.